The van der Waals surface area contributed by atoms with Crippen molar-refractivity contribution in [1.29, 1.82) is 0 Å². The number of aromatic nitrogens is 1. The number of rotatable bonds is 7. The molecule has 1 aliphatic heterocycles. The minimum absolute atomic E-state index is 0.215. The second-order valence-electron chi connectivity index (χ2n) is 7.82. The molecule has 0 aliphatic carbocycles. The predicted octanol–water partition coefficient (Wildman–Crippen LogP) is 3.59. The zero-order valence-corrected chi connectivity index (χ0v) is 22.9. The van der Waals surface area contributed by atoms with Crippen LogP contribution in [-0.2, 0) is 9.53 Å². The third-order valence-electron chi connectivity index (χ3n) is 5.67. The summed E-state index contributed by atoms with van der Waals surface area (Å²) in [5, 5.41) is 0. The Hall–Kier alpha value is -3.37. The Bertz CT molecular complexity index is 1510. The number of methoxy groups -OCH3 is 3. The summed E-state index contributed by atoms with van der Waals surface area (Å²) in [5.41, 5.74) is 2.03. The molecule has 0 unspecified atom stereocenters. The van der Waals surface area contributed by atoms with Crippen molar-refractivity contribution in [2.45, 2.75) is 19.9 Å². The molecular weight excluding hydrogens is 548 g/mol. The maximum absolute atomic E-state index is 13.8. The van der Waals surface area contributed by atoms with Crippen molar-refractivity contribution in [3.8, 4) is 17.2 Å². The SMILES string of the molecule is CCOC(=O)C1=C(C)N=c2s/c(=C\c3cc(OC)c(OC)c(OC)c3)c(=O)n2[C@@H]1c1cccc(Br)c1. The fraction of sp³-hybridized carbons (Fsp3) is 0.269. The largest absolute Gasteiger partial charge is 0.493 e. The van der Waals surface area contributed by atoms with Crippen molar-refractivity contribution in [3.05, 3.63) is 83.0 Å². The van der Waals surface area contributed by atoms with E-state index in [1.807, 2.05) is 24.3 Å². The number of halogens is 1. The molecule has 0 bridgehead atoms. The topological polar surface area (TPSA) is 88.4 Å². The van der Waals surface area contributed by atoms with Crippen LogP contribution in [0.1, 0.15) is 31.0 Å². The van der Waals surface area contributed by atoms with Gasteiger partial charge >= 0.3 is 5.97 Å². The summed E-state index contributed by atoms with van der Waals surface area (Å²) in [4.78, 5) is 31.8. The average Bonchev–Trinajstić information content (AvgIpc) is 3.16. The van der Waals surface area contributed by atoms with E-state index in [4.69, 9.17) is 18.9 Å². The quantitative estimate of drug-likeness (QED) is 0.402. The zero-order chi connectivity index (χ0) is 26.0. The van der Waals surface area contributed by atoms with Crippen LogP contribution in [0.3, 0.4) is 0 Å². The molecule has 0 amide bonds. The molecule has 1 aromatic heterocycles. The van der Waals surface area contributed by atoms with Crippen LogP contribution in [0.2, 0.25) is 0 Å². The van der Waals surface area contributed by atoms with Crippen LogP contribution >= 0.6 is 27.3 Å². The first-order valence-corrected chi connectivity index (χ1v) is 12.7. The van der Waals surface area contributed by atoms with E-state index >= 15 is 0 Å². The van der Waals surface area contributed by atoms with Gasteiger partial charge in [-0.2, -0.15) is 0 Å². The molecule has 4 rings (SSSR count). The van der Waals surface area contributed by atoms with Crippen LogP contribution in [0, 0.1) is 0 Å². The van der Waals surface area contributed by atoms with Gasteiger partial charge in [-0.1, -0.05) is 39.4 Å². The molecule has 0 fully saturated rings. The third-order valence-corrected chi connectivity index (χ3v) is 7.14. The van der Waals surface area contributed by atoms with Crippen molar-refractivity contribution in [2.75, 3.05) is 27.9 Å². The van der Waals surface area contributed by atoms with E-state index in [1.54, 1.807) is 36.6 Å². The second-order valence-corrected chi connectivity index (χ2v) is 9.74. The number of fused-ring (bicyclic) bond motifs is 1. The monoisotopic (exact) mass is 572 g/mol. The van der Waals surface area contributed by atoms with Gasteiger partial charge in [-0.25, -0.2) is 9.79 Å². The molecule has 2 aromatic carbocycles. The second kappa shape index (κ2) is 10.7. The van der Waals surface area contributed by atoms with E-state index in [1.165, 1.54) is 32.7 Å². The van der Waals surface area contributed by atoms with E-state index in [-0.39, 0.29) is 12.2 Å². The Morgan fingerprint density at radius 3 is 2.42 bits per heavy atom. The fourth-order valence-corrected chi connectivity index (χ4v) is 5.58. The highest BCUT2D eigenvalue weighted by Crippen LogP contribution is 2.38. The number of hydrogen-bond acceptors (Lipinski definition) is 8. The number of esters is 1. The molecule has 3 aromatic rings. The first-order valence-electron chi connectivity index (χ1n) is 11.1. The minimum atomic E-state index is -0.681. The molecular formula is C26H25BrN2O6S. The summed E-state index contributed by atoms with van der Waals surface area (Å²) in [6.07, 6.45) is 1.75. The number of ether oxygens (including phenoxy) is 4. The molecule has 1 aliphatic rings. The Morgan fingerprint density at radius 2 is 1.83 bits per heavy atom. The number of benzene rings is 2. The lowest BCUT2D eigenvalue weighted by atomic mass is 9.96. The molecule has 0 spiro atoms. The Morgan fingerprint density at radius 1 is 1.14 bits per heavy atom. The van der Waals surface area contributed by atoms with E-state index < -0.39 is 12.0 Å². The molecule has 0 saturated heterocycles. The fourth-order valence-electron chi connectivity index (χ4n) is 4.12. The summed E-state index contributed by atoms with van der Waals surface area (Å²) in [6.45, 7) is 3.72. The van der Waals surface area contributed by atoms with Gasteiger partial charge in [-0.15, -0.1) is 0 Å². The molecule has 2 heterocycles. The van der Waals surface area contributed by atoms with Gasteiger partial charge in [0.15, 0.2) is 16.3 Å². The summed E-state index contributed by atoms with van der Waals surface area (Å²) in [7, 11) is 4.60. The molecule has 188 valence electrons. The van der Waals surface area contributed by atoms with Crippen molar-refractivity contribution in [2.24, 2.45) is 4.99 Å². The van der Waals surface area contributed by atoms with Gasteiger partial charge in [-0.3, -0.25) is 9.36 Å². The summed E-state index contributed by atoms with van der Waals surface area (Å²) in [6, 6.07) is 10.4. The lowest BCUT2D eigenvalue weighted by molar-refractivity contribution is -0.139. The van der Waals surface area contributed by atoms with E-state index in [0.29, 0.717) is 43.4 Å². The van der Waals surface area contributed by atoms with Crippen molar-refractivity contribution < 1.29 is 23.7 Å². The number of allylic oxidation sites excluding steroid dienone is 1. The smallest absolute Gasteiger partial charge is 0.338 e. The molecule has 10 heteroatoms. The number of nitrogens with zero attached hydrogens (tertiary/aromatic N) is 2. The van der Waals surface area contributed by atoms with Crippen LogP contribution in [0.5, 0.6) is 17.2 Å². The van der Waals surface area contributed by atoms with Gasteiger partial charge in [0.05, 0.1) is 49.8 Å². The standard InChI is InChI=1S/C26H25BrN2O6S/c1-6-35-25(31)21-14(2)28-26-29(22(21)16-8-7-9-17(27)13-16)24(30)20(36-26)12-15-10-18(32-3)23(34-5)19(11-15)33-4/h7-13,22H,6H2,1-5H3/b20-12-/t22-/m1/s1. The third kappa shape index (κ3) is 4.70. The summed E-state index contributed by atoms with van der Waals surface area (Å²) < 4.78 is 24.5. The first-order chi connectivity index (χ1) is 17.3. The molecule has 0 saturated carbocycles. The van der Waals surface area contributed by atoms with Gasteiger partial charge in [0.25, 0.3) is 5.56 Å². The Labute approximate surface area is 220 Å². The van der Waals surface area contributed by atoms with Gasteiger partial charge in [0.1, 0.15) is 0 Å². The van der Waals surface area contributed by atoms with Gasteiger partial charge in [0.2, 0.25) is 5.75 Å². The number of carbonyl (C=O) groups is 1. The molecule has 1 atom stereocenters. The van der Waals surface area contributed by atoms with Crippen LogP contribution in [0.15, 0.2) is 61.9 Å². The van der Waals surface area contributed by atoms with Gasteiger partial charge in [-0.05, 0) is 55.3 Å². The van der Waals surface area contributed by atoms with Gasteiger partial charge < -0.3 is 18.9 Å². The van der Waals surface area contributed by atoms with Crippen LogP contribution in [-0.4, -0.2) is 38.5 Å². The summed E-state index contributed by atoms with van der Waals surface area (Å²) >= 11 is 4.74. The van der Waals surface area contributed by atoms with Crippen molar-refractivity contribution in [3.63, 3.8) is 0 Å². The number of carbonyl (C=O) groups excluding carboxylic acids is 1. The summed E-state index contributed by atoms with van der Waals surface area (Å²) in [5.74, 6) is 0.914. The Balaban J connectivity index is 1.96. The maximum atomic E-state index is 13.8. The zero-order valence-electron chi connectivity index (χ0n) is 20.5. The minimum Gasteiger partial charge on any atom is -0.493 e. The van der Waals surface area contributed by atoms with Crippen LogP contribution < -0.4 is 29.1 Å². The normalized spacial score (nSPS) is 15.3. The van der Waals surface area contributed by atoms with Gasteiger partial charge in [0, 0.05) is 4.47 Å². The first kappa shape index (κ1) is 25.7. The number of thiazole rings is 1. The maximum Gasteiger partial charge on any atom is 0.338 e. The highest BCUT2D eigenvalue weighted by Gasteiger charge is 2.33. The molecule has 8 nitrogen and oxygen atoms in total. The molecule has 36 heavy (non-hydrogen) atoms. The van der Waals surface area contributed by atoms with E-state index in [2.05, 4.69) is 20.9 Å². The Kier molecular flexibility index (Phi) is 7.65. The highest BCUT2D eigenvalue weighted by molar-refractivity contribution is 9.10. The molecule has 0 radical (unpaired) electrons. The van der Waals surface area contributed by atoms with E-state index in [9.17, 15) is 9.59 Å². The van der Waals surface area contributed by atoms with Crippen molar-refractivity contribution in [1.82, 2.24) is 4.57 Å². The lowest BCUT2D eigenvalue weighted by Gasteiger charge is -2.24. The van der Waals surface area contributed by atoms with Crippen molar-refractivity contribution >= 4 is 39.3 Å². The number of hydrogen-bond donors (Lipinski definition) is 0. The average molecular weight is 573 g/mol. The highest BCUT2D eigenvalue weighted by atomic mass is 79.9. The van der Waals surface area contributed by atoms with E-state index in [0.717, 1.165) is 10.0 Å². The van der Waals surface area contributed by atoms with Crippen LogP contribution in [0.25, 0.3) is 6.08 Å². The predicted molar refractivity (Wildman–Crippen MR) is 141 cm³/mol. The van der Waals surface area contributed by atoms with Crippen LogP contribution in [0.4, 0.5) is 0 Å². The molecule has 0 N–H and O–H groups in total. The lowest BCUT2D eigenvalue weighted by Crippen LogP contribution is -2.39.